The van der Waals surface area contributed by atoms with E-state index in [1.807, 2.05) is 18.9 Å². The smallest absolute Gasteiger partial charge is 0.115 e. The minimum Gasteiger partial charge on any atom is -0.508 e. The third kappa shape index (κ3) is 3.76. The van der Waals surface area contributed by atoms with Crippen LogP contribution >= 0.6 is 0 Å². The van der Waals surface area contributed by atoms with Crippen LogP contribution in [0.1, 0.15) is 18.9 Å². The van der Waals surface area contributed by atoms with Gasteiger partial charge in [-0.25, -0.2) is 0 Å². The van der Waals surface area contributed by atoms with Gasteiger partial charge < -0.3 is 9.90 Å². The summed E-state index contributed by atoms with van der Waals surface area (Å²) in [6.07, 6.45) is 2.26. The molecule has 0 aliphatic carbocycles. The fraction of sp³-hybridized carbons (Fsp3) is 0.300. The number of hydrogen-bond acceptors (Lipinski definition) is 2. The van der Waals surface area contributed by atoms with Gasteiger partial charge in [0, 0.05) is 0 Å². The summed E-state index contributed by atoms with van der Waals surface area (Å²) >= 11 is 0. The van der Waals surface area contributed by atoms with Gasteiger partial charge in [0.2, 0.25) is 0 Å². The van der Waals surface area contributed by atoms with Crippen LogP contribution in [0.3, 0.4) is 0 Å². The Bertz CT molecular complexity index is 204. The van der Waals surface area contributed by atoms with Crippen molar-refractivity contribution in [3.05, 3.63) is 29.8 Å². The zero-order valence-electron chi connectivity index (χ0n) is 7.29. The summed E-state index contributed by atoms with van der Waals surface area (Å²) in [7, 11) is 0. The highest BCUT2D eigenvalue weighted by molar-refractivity contribution is 5.25. The largest absolute Gasteiger partial charge is 0.508 e. The van der Waals surface area contributed by atoms with Gasteiger partial charge in [0.25, 0.3) is 0 Å². The Labute approximate surface area is 72.9 Å². The molecule has 0 bridgehead atoms. The SMILES string of the molecule is C=O.CCCc1ccc(O)cc1. The van der Waals surface area contributed by atoms with Crippen molar-refractivity contribution in [3.63, 3.8) is 0 Å². The Balaban J connectivity index is 0.000000561. The normalized spacial score (nSPS) is 8.42. The molecule has 0 aliphatic rings. The van der Waals surface area contributed by atoms with Crippen LogP contribution in [-0.2, 0) is 11.2 Å². The van der Waals surface area contributed by atoms with Gasteiger partial charge in [-0.15, -0.1) is 0 Å². The van der Waals surface area contributed by atoms with E-state index in [2.05, 4.69) is 6.92 Å². The van der Waals surface area contributed by atoms with E-state index >= 15 is 0 Å². The maximum Gasteiger partial charge on any atom is 0.115 e. The molecule has 2 nitrogen and oxygen atoms in total. The van der Waals surface area contributed by atoms with Crippen molar-refractivity contribution in [2.45, 2.75) is 19.8 Å². The Hall–Kier alpha value is -1.31. The van der Waals surface area contributed by atoms with Gasteiger partial charge in [-0.05, 0) is 24.1 Å². The van der Waals surface area contributed by atoms with E-state index in [1.165, 1.54) is 5.56 Å². The fourth-order valence-electron chi connectivity index (χ4n) is 0.951. The minimum atomic E-state index is 0.347. The van der Waals surface area contributed by atoms with Crippen LogP contribution in [0.15, 0.2) is 24.3 Å². The highest BCUT2D eigenvalue weighted by atomic mass is 16.3. The van der Waals surface area contributed by atoms with E-state index < -0.39 is 0 Å². The lowest BCUT2D eigenvalue weighted by atomic mass is 10.1. The molecule has 0 saturated heterocycles. The lowest BCUT2D eigenvalue weighted by molar-refractivity contribution is -0.0979. The standard InChI is InChI=1S/C9H12O.CH2O/c1-2-3-8-4-6-9(10)7-5-8;1-2/h4-7,10H,2-3H2,1H3;1H2. The van der Waals surface area contributed by atoms with Crippen molar-refractivity contribution in [2.75, 3.05) is 0 Å². The maximum atomic E-state index is 8.92. The first-order chi connectivity index (χ1) is 5.83. The summed E-state index contributed by atoms with van der Waals surface area (Å²) in [5.41, 5.74) is 1.29. The number of aryl methyl sites for hydroxylation is 1. The van der Waals surface area contributed by atoms with Crippen molar-refractivity contribution < 1.29 is 9.90 Å². The van der Waals surface area contributed by atoms with Crippen molar-refractivity contribution in [1.82, 2.24) is 0 Å². The quantitative estimate of drug-likeness (QED) is 0.731. The van der Waals surface area contributed by atoms with Crippen LogP contribution in [0.2, 0.25) is 0 Å². The lowest BCUT2D eigenvalue weighted by Crippen LogP contribution is -1.79. The lowest BCUT2D eigenvalue weighted by Gasteiger charge is -1.96. The summed E-state index contributed by atoms with van der Waals surface area (Å²) in [6, 6.07) is 7.37. The molecular weight excluding hydrogens is 152 g/mol. The number of benzene rings is 1. The molecule has 1 aromatic rings. The van der Waals surface area contributed by atoms with E-state index in [9.17, 15) is 0 Å². The third-order valence-corrected chi connectivity index (χ3v) is 1.48. The maximum absolute atomic E-state index is 8.92. The first kappa shape index (κ1) is 10.7. The van der Waals surface area contributed by atoms with Gasteiger partial charge >= 0.3 is 0 Å². The molecule has 1 aromatic carbocycles. The fourth-order valence-corrected chi connectivity index (χ4v) is 0.951. The minimum absolute atomic E-state index is 0.347. The summed E-state index contributed by atoms with van der Waals surface area (Å²) in [5.74, 6) is 0.347. The number of carbonyl (C=O) groups excluding carboxylic acids is 1. The number of hydrogen-bond donors (Lipinski definition) is 1. The second-order valence-electron chi connectivity index (χ2n) is 2.42. The molecule has 0 spiro atoms. The topological polar surface area (TPSA) is 37.3 Å². The van der Waals surface area contributed by atoms with Crippen molar-refractivity contribution in [3.8, 4) is 5.75 Å². The highest BCUT2D eigenvalue weighted by Gasteiger charge is 1.89. The molecule has 0 heterocycles. The summed E-state index contributed by atoms with van der Waals surface area (Å²) < 4.78 is 0. The Morgan fingerprint density at radius 2 is 1.75 bits per heavy atom. The van der Waals surface area contributed by atoms with Gasteiger partial charge in [0.1, 0.15) is 12.5 Å². The molecule has 0 radical (unpaired) electrons. The molecule has 1 rings (SSSR count). The number of phenolic OH excluding ortho intramolecular Hbond substituents is 1. The van der Waals surface area contributed by atoms with Gasteiger partial charge in [-0.2, -0.15) is 0 Å². The van der Waals surface area contributed by atoms with Crippen LogP contribution in [-0.4, -0.2) is 11.9 Å². The molecule has 0 atom stereocenters. The predicted molar refractivity (Wildman–Crippen MR) is 49.2 cm³/mol. The molecule has 1 N–H and O–H groups in total. The Kier molecular flexibility index (Phi) is 5.70. The van der Waals surface area contributed by atoms with Crippen LogP contribution in [0.25, 0.3) is 0 Å². The van der Waals surface area contributed by atoms with Gasteiger partial charge in [-0.3, -0.25) is 0 Å². The molecule has 0 amide bonds. The first-order valence-corrected chi connectivity index (χ1v) is 3.89. The van der Waals surface area contributed by atoms with Crippen LogP contribution in [0.5, 0.6) is 5.75 Å². The second kappa shape index (κ2) is 6.40. The molecule has 0 aromatic heterocycles. The summed E-state index contributed by atoms with van der Waals surface area (Å²) in [6.45, 7) is 4.15. The molecule has 0 aliphatic heterocycles. The van der Waals surface area contributed by atoms with E-state index in [1.54, 1.807) is 12.1 Å². The second-order valence-corrected chi connectivity index (χ2v) is 2.42. The molecular formula is C10H14O2. The van der Waals surface area contributed by atoms with Crippen molar-refractivity contribution in [2.24, 2.45) is 0 Å². The average molecular weight is 166 g/mol. The van der Waals surface area contributed by atoms with Crippen molar-refractivity contribution >= 4 is 6.79 Å². The molecule has 66 valence electrons. The van der Waals surface area contributed by atoms with Crippen LogP contribution in [0, 0.1) is 0 Å². The number of rotatable bonds is 2. The first-order valence-electron chi connectivity index (χ1n) is 3.89. The molecule has 0 saturated carbocycles. The van der Waals surface area contributed by atoms with E-state index in [-0.39, 0.29) is 0 Å². The van der Waals surface area contributed by atoms with E-state index in [0.29, 0.717) is 5.75 Å². The summed E-state index contributed by atoms with van der Waals surface area (Å²) in [4.78, 5) is 8.00. The van der Waals surface area contributed by atoms with Crippen LogP contribution in [0.4, 0.5) is 0 Å². The molecule has 12 heavy (non-hydrogen) atoms. The van der Waals surface area contributed by atoms with Gasteiger partial charge in [0.05, 0.1) is 0 Å². The van der Waals surface area contributed by atoms with Crippen molar-refractivity contribution in [1.29, 1.82) is 0 Å². The van der Waals surface area contributed by atoms with Gasteiger partial charge in [-0.1, -0.05) is 25.5 Å². The Morgan fingerprint density at radius 3 is 2.17 bits per heavy atom. The molecule has 0 fully saturated rings. The number of phenols is 1. The van der Waals surface area contributed by atoms with E-state index in [4.69, 9.17) is 9.90 Å². The monoisotopic (exact) mass is 166 g/mol. The third-order valence-electron chi connectivity index (χ3n) is 1.48. The number of aromatic hydroxyl groups is 1. The molecule has 2 heteroatoms. The Morgan fingerprint density at radius 1 is 1.25 bits per heavy atom. The van der Waals surface area contributed by atoms with Gasteiger partial charge in [0.15, 0.2) is 0 Å². The number of carbonyl (C=O) groups is 1. The average Bonchev–Trinajstić information content (AvgIpc) is 2.13. The zero-order valence-corrected chi connectivity index (χ0v) is 7.29. The summed E-state index contributed by atoms with van der Waals surface area (Å²) in [5, 5.41) is 8.92. The highest BCUT2D eigenvalue weighted by Crippen LogP contribution is 2.10. The van der Waals surface area contributed by atoms with E-state index in [0.717, 1.165) is 12.8 Å². The zero-order chi connectivity index (χ0) is 9.40. The predicted octanol–water partition coefficient (Wildman–Crippen LogP) is 2.16. The van der Waals surface area contributed by atoms with Crippen LogP contribution < -0.4 is 0 Å². The molecule has 0 unspecified atom stereocenters.